The summed E-state index contributed by atoms with van der Waals surface area (Å²) in [6, 6.07) is 5.60. The van der Waals surface area contributed by atoms with Gasteiger partial charge in [-0.2, -0.15) is 0 Å². The molecule has 1 aliphatic rings. The molecule has 0 aliphatic heterocycles. The Hall–Kier alpha value is -1.09. The summed E-state index contributed by atoms with van der Waals surface area (Å²) in [5, 5.41) is 0. The van der Waals surface area contributed by atoms with E-state index in [0.29, 0.717) is 24.2 Å². The predicted octanol–water partition coefficient (Wildman–Crippen LogP) is 2.68. The number of rotatable bonds is 2. The van der Waals surface area contributed by atoms with Gasteiger partial charge in [-0.1, -0.05) is 11.6 Å². The van der Waals surface area contributed by atoms with E-state index in [9.17, 15) is 4.39 Å². The molecule has 2 atom stereocenters. The Kier molecular flexibility index (Phi) is 2.89. The zero-order valence-corrected chi connectivity index (χ0v) is 9.79. The molecule has 1 aromatic rings. The van der Waals surface area contributed by atoms with Crippen LogP contribution in [0, 0.1) is 6.92 Å². The Morgan fingerprint density at radius 2 is 2.25 bits per heavy atom. The molecule has 0 aromatic heterocycles. The molecule has 1 aliphatic carbocycles. The zero-order valence-electron chi connectivity index (χ0n) is 9.79. The maximum Gasteiger partial charge on any atom is 0.141 e. The average Bonchev–Trinajstić information content (AvgIpc) is 2.60. The topological polar surface area (TPSA) is 35.2 Å². The first-order valence-electron chi connectivity index (χ1n) is 5.65. The average molecular weight is 223 g/mol. The fourth-order valence-corrected chi connectivity index (χ4v) is 2.45. The van der Waals surface area contributed by atoms with Crippen molar-refractivity contribution >= 4 is 0 Å². The van der Waals surface area contributed by atoms with Crippen LogP contribution in [0.4, 0.5) is 4.39 Å². The van der Waals surface area contributed by atoms with Crippen molar-refractivity contribution in [1.82, 2.24) is 0 Å². The molecule has 0 radical (unpaired) electrons. The Balaban J connectivity index is 2.42. The molecule has 0 heterocycles. The van der Waals surface area contributed by atoms with Crippen molar-refractivity contribution in [3.05, 3.63) is 29.3 Å². The van der Waals surface area contributed by atoms with E-state index in [1.54, 1.807) is 7.11 Å². The molecule has 1 saturated carbocycles. The Labute approximate surface area is 95.6 Å². The molecule has 2 rings (SSSR count). The molecule has 16 heavy (non-hydrogen) atoms. The van der Waals surface area contributed by atoms with Gasteiger partial charge in [0.05, 0.1) is 7.11 Å². The predicted molar refractivity (Wildman–Crippen MR) is 62.3 cm³/mol. The Bertz CT molecular complexity index is 394. The highest BCUT2D eigenvalue weighted by atomic mass is 19.1. The summed E-state index contributed by atoms with van der Waals surface area (Å²) in [6.45, 7) is 1.96. The van der Waals surface area contributed by atoms with E-state index in [4.69, 9.17) is 10.5 Å². The van der Waals surface area contributed by atoms with Gasteiger partial charge in [0.2, 0.25) is 0 Å². The van der Waals surface area contributed by atoms with Gasteiger partial charge in [0, 0.05) is 18.0 Å². The molecular formula is C13H18FNO. The third kappa shape index (κ3) is 1.92. The summed E-state index contributed by atoms with van der Waals surface area (Å²) in [4.78, 5) is 0. The van der Waals surface area contributed by atoms with Crippen molar-refractivity contribution in [2.45, 2.75) is 37.9 Å². The van der Waals surface area contributed by atoms with E-state index in [1.165, 1.54) is 0 Å². The lowest BCUT2D eigenvalue weighted by Crippen LogP contribution is -2.22. The van der Waals surface area contributed by atoms with E-state index in [0.717, 1.165) is 12.0 Å². The molecule has 2 unspecified atom stereocenters. The normalized spacial score (nSPS) is 29.4. The van der Waals surface area contributed by atoms with Crippen LogP contribution in [-0.2, 0) is 5.67 Å². The molecule has 0 saturated heterocycles. The molecule has 1 fully saturated rings. The van der Waals surface area contributed by atoms with Crippen LogP contribution in [-0.4, -0.2) is 13.2 Å². The molecule has 0 bridgehead atoms. The summed E-state index contributed by atoms with van der Waals surface area (Å²) in [7, 11) is 1.58. The van der Waals surface area contributed by atoms with Crippen LogP contribution >= 0.6 is 0 Å². The maximum atomic E-state index is 14.8. The summed E-state index contributed by atoms with van der Waals surface area (Å²) in [5.41, 5.74) is 6.19. The van der Waals surface area contributed by atoms with Crippen molar-refractivity contribution in [3.8, 4) is 5.75 Å². The largest absolute Gasteiger partial charge is 0.496 e. The summed E-state index contributed by atoms with van der Waals surface area (Å²) >= 11 is 0. The number of nitrogens with two attached hydrogens (primary N) is 1. The highest BCUT2D eigenvalue weighted by Gasteiger charge is 2.41. The van der Waals surface area contributed by atoms with Gasteiger partial charge in [0.1, 0.15) is 11.4 Å². The molecule has 0 spiro atoms. The van der Waals surface area contributed by atoms with E-state index in [2.05, 4.69) is 0 Å². The highest BCUT2D eigenvalue weighted by molar-refractivity contribution is 5.41. The van der Waals surface area contributed by atoms with Crippen molar-refractivity contribution in [1.29, 1.82) is 0 Å². The fourth-order valence-electron chi connectivity index (χ4n) is 2.45. The first-order valence-corrected chi connectivity index (χ1v) is 5.65. The Morgan fingerprint density at radius 3 is 2.81 bits per heavy atom. The monoisotopic (exact) mass is 223 g/mol. The van der Waals surface area contributed by atoms with Crippen LogP contribution in [0.2, 0.25) is 0 Å². The SMILES string of the molecule is COc1ccc(C)cc1C1(F)CCC(N)C1. The number of ether oxygens (including phenoxy) is 1. The van der Waals surface area contributed by atoms with E-state index in [-0.39, 0.29) is 6.04 Å². The number of aryl methyl sites for hydroxylation is 1. The number of methoxy groups -OCH3 is 1. The third-order valence-electron chi connectivity index (χ3n) is 3.33. The third-order valence-corrected chi connectivity index (χ3v) is 3.33. The van der Waals surface area contributed by atoms with Crippen LogP contribution in [0.15, 0.2) is 18.2 Å². The summed E-state index contributed by atoms with van der Waals surface area (Å²) < 4.78 is 20.0. The van der Waals surface area contributed by atoms with Crippen molar-refractivity contribution in [2.24, 2.45) is 5.73 Å². The molecule has 1 aromatic carbocycles. The highest BCUT2D eigenvalue weighted by Crippen LogP contribution is 2.45. The smallest absolute Gasteiger partial charge is 0.141 e. The second-order valence-corrected chi connectivity index (χ2v) is 4.67. The van der Waals surface area contributed by atoms with Gasteiger partial charge in [0.25, 0.3) is 0 Å². The maximum absolute atomic E-state index is 14.8. The van der Waals surface area contributed by atoms with Gasteiger partial charge in [-0.15, -0.1) is 0 Å². The van der Waals surface area contributed by atoms with Crippen LogP contribution < -0.4 is 10.5 Å². The first kappa shape index (κ1) is 11.4. The number of hydrogen-bond acceptors (Lipinski definition) is 2. The standard InChI is InChI=1S/C13H18FNO/c1-9-3-4-12(16-2)11(7-9)13(14)6-5-10(15)8-13/h3-4,7,10H,5-6,8,15H2,1-2H3. The first-order chi connectivity index (χ1) is 7.55. The number of hydrogen-bond donors (Lipinski definition) is 1. The second-order valence-electron chi connectivity index (χ2n) is 4.67. The molecule has 88 valence electrons. The van der Waals surface area contributed by atoms with Crippen LogP contribution in [0.25, 0.3) is 0 Å². The van der Waals surface area contributed by atoms with E-state index < -0.39 is 5.67 Å². The van der Waals surface area contributed by atoms with E-state index in [1.807, 2.05) is 25.1 Å². The molecule has 2 nitrogen and oxygen atoms in total. The second kappa shape index (κ2) is 4.06. The quantitative estimate of drug-likeness (QED) is 0.836. The minimum Gasteiger partial charge on any atom is -0.496 e. The fraction of sp³-hybridized carbons (Fsp3) is 0.538. The van der Waals surface area contributed by atoms with Crippen molar-refractivity contribution in [3.63, 3.8) is 0 Å². The van der Waals surface area contributed by atoms with Gasteiger partial charge >= 0.3 is 0 Å². The lowest BCUT2D eigenvalue weighted by atomic mass is 9.91. The van der Waals surface area contributed by atoms with Crippen molar-refractivity contribution < 1.29 is 9.13 Å². The molecular weight excluding hydrogens is 205 g/mol. The number of benzene rings is 1. The summed E-state index contributed by atoms with van der Waals surface area (Å²) in [5.74, 6) is 0.627. The Morgan fingerprint density at radius 1 is 1.50 bits per heavy atom. The van der Waals surface area contributed by atoms with Gasteiger partial charge < -0.3 is 10.5 Å². The van der Waals surface area contributed by atoms with Gasteiger partial charge in [-0.25, -0.2) is 4.39 Å². The van der Waals surface area contributed by atoms with Crippen molar-refractivity contribution in [2.75, 3.05) is 7.11 Å². The number of alkyl halides is 1. The van der Waals surface area contributed by atoms with Gasteiger partial charge in [0.15, 0.2) is 0 Å². The molecule has 3 heteroatoms. The molecule has 2 N–H and O–H groups in total. The molecule has 0 amide bonds. The number of halogens is 1. The van der Waals surface area contributed by atoms with E-state index >= 15 is 0 Å². The summed E-state index contributed by atoms with van der Waals surface area (Å²) in [6.07, 6.45) is 1.63. The zero-order chi connectivity index (χ0) is 11.8. The van der Waals surface area contributed by atoms with Crippen LogP contribution in [0.3, 0.4) is 0 Å². The van der Waals surface area contributed by atoms with Gasteiger partial charge in [-0.3, -0.25) is 0 Å². The lowest BCUT2D eigenvalue weighted by Gasteiger charge is -2.22. The van der Waals surface area contributed by atoms with Crippen LogP contribution in [0.1, 0.15) is 30.4 Å². The van der Waals surface area contributed by atoms with Gasteiger partial charge in [-0.05, 0) is 31.9 Å². The minimum absolute atomic E-state index is 0.0322. The lowest BCUT2D eigenvalue weighted by molar-refractivity contribution is 0.166. The minimum atomic E-state index is -1.31. The van der Waals surface area contributed by atoms with Crippen LogP contribution in [0.5, 0.6) is 5.75 Å².